The van der Waals surface area contributed by atoms with Crippen LogP contribution in [0, 0.1) is 0 Å². The van der Waals surface area contributed by atoms with Gasteiger partial charge in [-0.15, -0.1) is 0 Å². The zero-order chi connectivity index (χ0) is 20.8. The molecule has 0 saturated heterocycles. The fourth-order valence-electron chi connectivity index (χ4n) is 3.34. The monoisotopic (exact) mass is 490 g/mol. The molecule has 0 aliphatic carbocycles. The van der Waals surface area contributed by atoms with E-state index in [4.69, 9.17) is 5.11 Å². The molecule has 0 aliphatic rings. The predicted octanol–water partition coefficient (Wildman–Crippen LogP) is 8.38. The van der Waals surface area contributed by atoms with Crippen LogP contribution in [-0.4, -0.2) is 30.8 Å². The first-order chi connectivity index (χ1) is 13.0. The van der Waals surface area contributed by atoms with Crippen LogP contribution in [0.15, 0.2) is 12.2 Å². The summed E-state index contributed by atoms with van der Waals surface area (Å²) in [6.45, 7) is 11.6. The van der Waals surface area contributed by atoms with Crippen molar-refractivity contribution < 1.29 is 9.90 Å². The quantitative estimate of drug-likeness (QED) is 0.119. The van der Waals surface area contributed by atoms with Crippen LogP contribution in [0.2, 0.25) is 13.3 Å². The van der Waals surface area contributed by atoms with Crippen molar-refractivity contribution in [2.75, 3.05) is 0 Å². The molecule has 27 heavy (non-hydrogen) atoms. The van der Waals surface area contributed by atoms with Crippen molar-refractivity contribution >= 4 is 25.7 Å². The van der Waals surface area contributed by atoms with Gasteiger partial charge in [-0.2, -0.15) is 0 Å². The molecule has 0 spiro atoms. The van der Waals surface area contributed by atoms with Gasteiger partial charge in [-0.25, -0.2) is 4.79 Å². The molecule has 0 aromatic heterocycles. The van der Waals surface area contributed by atoms with Crippen molar-refractivity contribution in [3.63, 3.8) is 0 Å². The summed E-state index contributed by atoms with van der Waals surface area (Å²) in [6.07, 6.45) is 20.9. The first-order valence-corrected chi connectivity index (χ1v) is 18.9. The van der Waals surface area contributed by atoms with E-state index in [-0.39, 0.29) is 5.57 Å². The normalized spacial score (nSPS) is 10.6. The molecule has 0 rings (SSSR count). The second kappa shape index (κ2) is 24.0. The Morgan fingerprint density at radius 2 is 0.963 bits per heavy atom. The number of hydrogen-bond donors (Lipinski definition) is 1. The molecule has 0 unspecified atom stereocenters. The van der Waals surface area contributed by atoms with Crippen LogP contribution >= 0.6 is 0 Å². The van der Waals surface area contributed by atoms with Gasteiger partial charge in [0.05, 0.1) is 0 Å². The summed E-state index contributed by atoms with van der Waals surface area (Å²) in [5.74, 6) is -0.935. The number of hydrogen-bond acceptors (Lipinski definition) is 1. The Morgan fingerprint density at radius 3 is 1.30 bits per heavy atom. The number of carboxylic acids is 1. The molecular formula is C24H50O2Sn. The molecule has 0 radical (unpaired) electrons. The molecule has 0 heterocycles. The molecule has 0 fully saturated rings. The molecular weight excluding hydrogens is 439 g/mol. The van der Waals surface area contributed by atoms with Crippen LogP contribution in [0.1, 0.15) is 118 Å². The average Bonchev–Trinajstić information content (AvgIpc) is 2.65. The standard InChI is InChI=1S/C12H25.C4H6O2.2C4H9.Sn.H/c1-3-5-7-9-11-12-10-8-6-4-2;1-3(2)4(5)6;2*1-3-4-2;;/h1,3-12H2,2H3;1H2,2H3,(H,5,6);2*1,3-4H2,2H3;;. The van der Waals surface area contributed by atoms with Gasteiger partial charge in [0.2, 0.25) is 0 Å². The molecule has 162 valence electrons. The van der Waals surface area contributed by atoms with E-state index in [1.54, 1.807) is 39.0 Å². The zero-order valence-corrected chi connectivity index (χ0v) is 22.5. The van der Waals surface area contributed by atoms with Gasteiger partial charge in [-0.1, -0.05) is 6.58 Å². The van der Waals surface area contributed by atoms with Gasteiger partial charge in [0.15, 0.2) is 0 Å². The van der Waals surface area contributed by atoms with Crippen molar-refractivity contribution in [3.05, 3.63) is 12.2 Å². The predicted molar refractivity (Wildman–Crippen MR) is 126 cm³/mol. The van der Waals surface area contributed by atoms with Gasteiger partial charge >= 0.3 is 150 Å². The first kappa shape index (κ1) is 29.2. The summed E-state index contributed by atoms with van der Waals surface area (Å²) in [6, 6.07) is 0. The molecule has 3 heteroatoms. The van der Waals surface area contributed by atoms with Crippen LogP contribution in [0.25, 0.3) is 0 Å². The summed E-state index contributed by atoms with van der Waals surface area (Å²) in [5.41, 5.74) is 0.176. The van der Waals surface area contributed by atoms with E-state index in [1.165, 1.54) is 71.1 Å². The van der Waals surface area contributed by atoms with Gasteiger partial charge in [-0.05, 0) is 6.92 Å². The Kier molecular flexibility index (Phi) is 26.0. The van der Waals surface area contributed by atoms with Crippen molar-refractivity contribution in [2.45, 2.75) is 131 Å². The average molecular weight is 489 g/mol. The van der Waals surface area contributed by atoms with Crippen molar-refractivity contribution in [2.24, 2.45) is 0 Å². The maximum absolute atomic E-state index is 9.60. The molecule has 0 atom stereocenters. The summed E-state index contributed by atoms with van der Waals surface area (Å²) in [7, 11) is 0. The first-order valence-electron chi connectivity index (χ1n) is 11.9. The van der Waals surface area contributed by atoms with Crippen LogP contribution in [0.5, 0.6) is 0 Å². The molecule has 0 aromatic rings. The third-order valence-corrected chi connectivity index (χ3v) is 15.7. The van der Waals surface area contributed by atoms with E-state index in [9.17, 15) is 4.79 Å². The molecule has 1 N–H and O–H groups in total. The summed E-state index contributed by atoms with van der Waals surface area (Å²) in [4.78, 5) is 9.60. The van der Waals surface area contributed by atoms with Crippen LogP contribution < -0.4 is 0 Å². The van der Waals surface area contributed by atoms with E-state index < -0.39 is 25.7 Å². The number of carboxylic acid groups (broad SMARTS) is 1. The number of unbranched alkanes of at least 4 members (excludes halogenated alkanes) is 11. The molecule has 2 nitrogen and oxygen atoms in total. The minimum atomic E-state index is -1.06. The van der Waals surface area contributed by atoms with Crippen molar-refractivity contribution in [1.82, 2.24) is 0 Å². The van der Waals surface area contributed by atoms with Gasteiger partial charge < -0.3 is 5.11 Å². The Labute approximate surface area is 178 Å². The molecule has 0 aromatic carbocycles. The van der Waals surface area contributed by atoms with E-state index in [0.717, 1.165) is 0 Å². The topological polar surface area (TPSA) is 37.3 Å². The second-order valence-corrected chi connectivity index (χ2v) is 18.1. The summed E-state index contributed by atoms with van der Waals surface area (Å²) >= 11 is -1.06. The van der Waals surface area contributed by atoms with Gasteiger partial charge in [0.1, 0.15) is 0 Å². The fourth-order valence-corrected chi connectivity index (χ4v) is 13.9. The third kappa shape index (κ3) is 26.0. The fraction of sp³-hybridized carbons (Fsp3) is 0.875. The maximum atomic E-state index is 9.60. The van der Waals surface area contributed by atoms with Crippen LogP contribution in [0.3, 0.4) is 0 Å². The Balaban J connectivity index is 0. The Hall–Kier alpha value is 0.00870. The molecule has 0 aliphatic heterocycles. The second-order valence-electron chi connectivity index (χ2n) is 8.21. The third-order valence-electron chi connectivity index (χ3n) is 5.26. The van der Waals surface area contributed by atoms with Gasteiger partial charge in [0, 0.05) is 5.57 Å². The minimum absolute atomic E-state index is 0.176. The van der Waals surface area contributed by atoms with E-state index in [1.807, 2.05) is 0 Å². The van der Waals surface area contributed by atoms with E-state index in [2.05, 4.69) is 27.4 Å². The Morgan fingerprint density at radius 1 is 0.667 bits per heavy atom. The molecule has 0 amide bonds. The van der Waals surface area contributed by atoms with Gasteiger partial charge in [0.25, 0.3) is 0 Å². The summed E-state index contributed by atoms with van der Waals surface area (Å²) in [5, 5.41) is 7.89. The van der Waals surface area contributed by atoms with Crippen molar-refractivity contribution in [3.8, 4) is 0 Å². The number of aliphatic carboxylic acids is 1. The van der Waals surface area contributed by atoms with Crippen LogP contribution in [0.4, 0.5) is 0 Å². The Bertz CT molecular complexity index is 308. The van der Waals surface area contributed by atoms with Crippen LogP contribution in [-0.2, 0) is 4.79 Å². The van der Waals surface area contributed by atoms with E-state index >= 15 is 0 Å². The van der Waals surface area contributed by atoms with Gasteiger partial charge in [-0.3, -0.25) is 0 Å². The molecule has 0 bridgehead atoms. The zero-order valence-electron chi connectivity index (χ0n) is 19.2. The van der Waals surface area contributed by atoms with Crippen molar-refractivity contribution in [1.29, 1.82) is 0 Å². The number of rotatable bonds is 18. The number of carbonyl (C=O) groups is 1. The molecule has 0 saturated carbocycles. The summed E-state index contributed by atoms with van der Waals surface area (Å²) < 4.78 is 5.13. The SMILES string of the molecule is C=C(C)C(=O)O.CCCCCCCCCCC[CH2][SnH]([CH2]CCC)[CH2]CCC. The van der Waals surface area contributed by atoms with E-state index in [0.29, 0.717) is 0 Å².